The van der Waals surface area contributed by atoms with Crippen LogP contribution in [0.25, 0.3) is 11.5 Å². The van der Waals surface area contributed by atoms with Gasteiger partial charge in [0.1, 0.15) is 11.5 Å². The van der Waals surface area contributed by atoms with Crippen molar-refractivity contribution in [2.75, 3.05) is 6.54 Å². The molecule has 4 nitrogen and oxygen atoms in total. The molecule has 0 aliphatic carbocycles. The second kappa shape index (κ2) is 4.99. The van der Waals surface area contributed by atoms with Crippen LogP contribution < -0.4 is 5.32 Å². The molecule has 2 rings (SSSR count). The molecule has 0 saturated heterocycles. The van der Waals surface area contributed by atoms with Crippen molar-refractivity contribution in [1.29, 1.82) is 0 Å². The summed E-state index contributed by atoms with van der Waals surface area (Å²) in [6, 6.07) is 3.80. The zero-order valence-electron chi connectivity index (χ0n) is 9.71. The number of H-pyrrole nitrogens is 1. The molecule has 0 aliphatic heterocycles. The van der Waals surface area contributed by atoms with Gasteiger partial charge < -0.3 is 14.7 Å². The maximum atomic E-state index is 5.34. The number of furan rings is 1. The summed E-state index contributed by atoms with van der Waals surface area (Å²) in [7, 11) is 0. The predicted octanol–water partition coefficient (Wildman–Crippen LogP) is 2.48. The van der Waals surface area contributed by atoms with E-state index in [1.807, 2.05) is 19.1 Å². The summed E-state index contributed by atoms with van der Waals surface area (Å²) < 4.78 is 5.34. The van der Waals surface area contributed by atoms with Gasteiger partial charge in [-0.3, -0.25) is 0 Å². The van der Waals surface area contributed by atoms with Crippen molar-refractivity contribution < 1.29 is 4.42 Å². The van der Waals surface area contributed by atoms with Gasteiger partial charge in [-0.1, -0.05) is 6.92 Å². The van der Waals surface area contributed by atoms with Gasteiger partial charge in [-0.2, -0.15) is 0 Å². The fraction of sp³-hybridized carbons (Fsp3) is 0.417. The first kappa shape index (κ1) is 11.0. The third-order valence-corrected chi connectivity index (χ3v) is 2.41. The van der Waals surface area contributed by atoms with Crippen LogP contribution in [0.5, 0.6) is 0 Å². The lowest BCUT2D eigenvalue weighted by molar-refractivity contribution is 0.579. The topological polar surface area (TPSA) is 53.9 Å². The fourth-order valence-corrected chi connectivity index (χ4v) is 1.64. The van der Waals surface area contributed by atoms with E-state index >= 15 is 0 Å². The summed E-state index contributed by atoms with van der Waals surface area (Å²) in [5.41, 5.74) is 1.95. The van der Waals surface area contributed by atoms with E-state index in [1.54, 1.807) is 6.26 Å². The van der Waals surface area contributed by atoms with Crippen LogP contribution in [0.1, 0.15) is 24.9 Å². The average molecular weight is 219 g/mol. The Morgan fingerprint density at radius 3 is 3.06 bits per heavy atom. The molecule has 0 amide bonds. The van der Waals surface area contributed by atoms with E-state index in [9.17, 15) is 0 Å². The predicted molar refractivity (Wildman–Crippen MR) is 63.0 cm³/mol. The van der Waals surface area contributed by atoms with Gasteiger partial charge in [0.15, 0.2) is 5.76 Å². The third-order valence-electron chi connectivity index (χ3n) is 2.41. The molecule has 2 aromatic rings. The Balaban J connectivity index is 2.10. The Bertz CT molecular complexity index is 431. The Morgan fingerprint density at radius 1 is 1.50 bits per heavy atom. The SMILES string of the molecule is CCCNCc1nc(-c2ccco2)c(C)[nH]1. The van der Waals surface area contributed by atoms with Crippen molar-refractivity contribution in [1.82, 2.24) is 15.3 Å². The number of aromatic amines is 1. The largest absolute Gasteiger partial charge is 0.463 e. The molecule has 16 heavy (non-hydrogen) atoms. The van der Waals surface area contributed by atoms with Crippen LogP contribution >= 0.6 is 0 Å². The van der Waals surface area contributed by atoms with Gasteiger partial charge >= 0.3 is 0 Å². The van der Waals surface area contributed by atoms with Gasteiger partial charge in [0.2, 0.25) is 0 Å². The van der Waals surface area contributed by atoms with Crippen molar-refractivity contribution in [2.45, 2.75) is 26.8 Å². The molecule has 86 valence electrons. The van der Waals surface area contributed by atoms with Gasteiger partial charge in [0, 0.05) is 5.69 Å². The highest BCUT2D eigenvalue weighted by molar-refractivity contribution is 5.55. The van der Waals surface area contributed by atoms with Crippen LogP contribution in [0.3, 0.4) is 0 Å². The highest BCUT2D eigenvalue weighted by atomic mass is 16.3. The minimum absolute atomic E-state index is 0.773. The fourth-order valence-electron chi connectivity index (χ4n) is 1.64. The highest BCUT2D eigenvalue weighted by Gasteiger charge is 2.10. The number of hydrogen-bond acceptors (Lipinski definition) is 3. The summed E-state index contributed by atoms with van der Waals surface area (Å²) in [6.07, 6.45) is 2.79. The standard InChI is InChI=1S/C12H17N3O/c1-3-6-13-8-11-14-9(2)12(15-11)10-5-4-7-16-10/h4-5,7,13H,3,6,8H2,1-2H3,(H,14,15). The quantitative estimate of drug-likeness (QED) is 0.759. The van der Waals surface area contributed by atoms with Crippen molar-refractivity contribution in [2.24, 2.45) is 0 Å². The van der Waals surface area contributed by atoms with E-state index in [2.05, 4.69) is 22.2 Å². The van der Waals surface area contributed by atoms with Crippen LogP contribution in [-0.2, 0) is 6.54 Å². The number of rotatable bonds is 5. The third kappa shape index (κ3) is 2.33. The first-order chi connectivity index (χ1) is 7.81. The lowest BCUT2D eigenvalue weighted by Gasteiger charge is -1.97. The summed E-state index contributed by atoms with van der Waals surface area (Å²) in [5.74, 6) is 1.77. The van der Waals surface area contributed by atoms with Gasteiger partial charge in [0.25, 0.3) is 0 Å². The lowest BCUT2D eigenvalue weighted by Crippen LogP contribution is -2.14. The van der Waals surface area contributed by atoms with Crippen molar-refractivity contribution in [3.63, 3.8) is 0 Å². The van der Waals surface area contributed by atoms with E-state index in [-0.39, 0.29) is 0 Å². The number of imidazole rings is 1. The Kier molecular flexibility index (Phi) is 3.41. The molecule has 0 bridgehead atoms. The lowest BCUT2D eigenvalue weighted by atomic mass is 10.3. The molecular weight excluding hydrogens is 202 g/mol. The van der Waals surface area contributed by atoms with Gasteiger partial charge in [-0.25, -0.2) is 4.98 Å². The first-order valence-electron chi connectivity index (χ1n) is 5.61. The Hall–Kier alpha value is -1.55. The molecule has 4 heteroatoms. The smallest absolute Gasteiger partial charge is 0.154 e. The van der Waals surface area contributed by atoms with Crippen LogP contribution in [-0.4, -0.2) is 16.5 Å². The molecule has 0 saturated carbocycles. The van der Waals surface area contributed by atoms with Crippen molar-refractivity contribution in [3.8, 4) is 11.5 Å². The molecular formula is C12H17N3O. The van der Waals surface area contributed by atoms with Gasteiger partial charge in [-0.15, -0.1) is 0 Å². The number of hydrogen-bond donors (Lipinski definition) is 2. The zero-order chi connectivity index (χ0) is 11.4. The van der Waals surface area contributed by atoms with Crippen LogP contribution in [0.15, 0.2) is 22.8 Å². The van der Waals surface area contributed by atoms with E-state index in [0.29, 0.717) is 0 Å². The summed E-state index contributed by atoms with van der Waals surface area (Å²) in [5, 5.41) is 3.31. The summed E-state index contributed by atoms with van der Waals surface area (Å²) in [6.45, 7) is 5.94. The van der Waals surface area contributed by atoms with E-state index in [1.165, 1.54) is 0 Å². The second-order valence-electron chi connectivity index (χ2n) is 3.81. The molecule has 2 heterocycles. The minimum atomic E-state index is 0.773. The molecule has 0 aromatic carbocycles. The van der Waals surface area contributed by atoms with Crippen LogP contribution in [0, 0.1) is 6.92 Å². The molecule has 2 aromatic heterocycles. The molecule has 0 fully saturated rings. The molecule has 2 N–H and O–H groups in total. The zero-order valence-corrected chi connectivity index (χ0v) is 9.71. The van der Waals surface area contributed by atoms with Crippen molar-refractivity contribution >= 4 is 0 Å². The van der Waals surface area contributed by atoms with Crippen LogP contribution in [0.4, 0.5) is 0 Å². The maximum absolute atomic E-state index is 5.34. The second-order valence-corrected chi connectivity index (χ2v) is 3.81. The Morgan fingerprint density at radius 2 is 2.38 bits per heavy atom. The summed E-state index contributed by atoms with van der Waals surface area (Å²) >= 11 is 0. The summed E-state index contributed by atoms with van der Waals surface area (Å²) in [4.78, 5) is 7.77. The number of nitrogens with zero attached hydrogens (tertiary/aromatic N) is 1. The normalized spacial score (nSPS) is 10.9. The number of aromatic nitrogens is 2. The molecule has 0 aliphatic rings. The molecule has 0 atom stereocenters. The minimum Gasteiger partial charge on any atom is -0.463 e. The van der Waals surface area contributed by atoms with E-state index < -0.39 is 0 Å². The number of nitrogens with one attached hydrogen (secondary N) is 2. The monoisotopic (exact) mass is 219 g/mol. The van der Waals surface area contributed by atoms with Gasteiger partial charge in [0.05, 0.1) is 12.8 Å². The first-order valence-corrected chi connectivity index (χ1v) is 5.61. The van der Waals surface area contributed by atoms with E-state index in [0.717, 1.165) is 42.5 Å². The van der Waals surface area contributed by atoms with Crippen LogP contribution in [0.2, 0.25) is 0 Å². The van der Waals surface area contributed by atoms with Crippen molar-refractivity contribution in [3.05, 3.63) is 29.9 Å². The highest BCUT2D eigenvalue weighted by Crippen LogP contribution is 2.21. The van der Waals surface area contributed by atoms with E-state index in [4.69, 9.17) is 4.42 Å². The maximum Gasteiger partial charge on any atom is 0.154 e. The molecule has 0 unspecified atom stereocenters. The molecule has 0 spiro atoms. The Labute approximate surface area is 95.1 Å². The number of aryl methyl sites for hydroxylation is 1. The average Bonchev–Trinajstić information content (AvgIpc) is 2.87. The van der Waals surface area contributed by atoms with Gasteiger partial charge in [-0.05, 0) is 32.0 Å². The molecule has 0 radical (unpaired) electrons.